The van der Waals surface area contributed by atoms with Crippen molar-refractivity contribution in [1.82, 2.24) is 10.6 Å². The monoisotopic (exact) mass is 366 g/mol. The predicted octanol–water partition coefficient (Wildman–Crippen LogP) is 1.90. The van der Waals surface area contributed by atoms with Crippen LogP contribution in [0.15, 0.2) is 24.3 Å². The molecule has 25 heavy (non-hydrogen) atoms. The van der Waals surface area contributed by atoms with Gasteiger partial charge in [0.1, 0.15) is 6.04 Å². The highest BCUT2D eigenvalue weighted by molar-refractivity contribution is 5.97. The maximum Gasteiger partial charge on any atom is 0.246 e. The van der Waals surface area contributed by atoms with E-state index >= 15 is 0 Å². The first kappa shape index (κ1) is 19.5. The topological polar surface area (TPSA) is 73.5 Å². The summed E-state index contributed by atoms with van der Waals surface area (Å²) in [6.07, 6.45) is 4.27. The molecule has 0 bridgehead atoms. The van der Waals surface area contributed by atoms with Crippen LogP contribution in [-0.2, 0) is 9.59 Å². The Bertz CT molecular complexity index is 598. The number of amides is 2. The van der Waals surface area contributed by atoms with Crippen molar-refractivity contribution >= 4 is 35.6 Å². The zero-order chi connectivity index (χ0) is 16.9. The molecular weight excluding hydrogens is 340 g/mol. The van der Waals surface area contributed by atoms with E-state index in [1.165, 1.54) is 12.8 Å². The summed E-state index contributed by atoms with van der Waals surface area (Å²) in [5.41, 5.74) is 1.90. The molecule has 2 fully saturated rings. The van der Waals surface area contributed by atoms with Gasteiger partial charge in [-0.3, -0.25) is 9.59 Å². The van der Waals surface area contributed by atoms with Crippen LogP contribution in [0.1, 0.15) is 32.6 Å². The van der Waals surface area contributed by atoms with E-state index < -0.39 is 6.04 Å². The van der Waals surface area contributed by atoms with Crippen molar-refractivity contribution in [2.45, 2.75) is 44.7 Å². The van der Waals surface area contributed by atoms with Gasteiger partial charge < -0.3 is 20.9 Å². The maximum absolute atomic E-state index is 12.3. The number of nitrogens with one attached hydrogen (secondary N) is 3. The summed E-state index contributed by atoms with van der Waals surface area (Å²) in [6, 6.07) is 7.17. The first-order valence-corrected chi connectivity index (χ1v) is 8.83. The quantitative estimate of drug-likeness (QED) is 0.744. The number of carbonyl (C=O) groups excluding carboxylic acids is 2. The van der Waals surface area contributed by atoms with E-state index in [9.17, 15) is 9.59 Å². The van der Waals surface area contributed by atoms with Gasteiger partial charge in [-0.2, -0.15) is 0 Å². The van der Waals surface area contributed by atoms with Crippen molar-refractivity contribution in [3.05, 3.63) is 24.3 Å². The van der Waals surface area contributed by atoms with Crippen LogP contribution in [-0.4, -0.2) is 43.5 Å². The maximum atomic E-state index is 12.3. The van der Waals surface area contributed by atoms with Gasteiger partial charge in [0.25, 0.3) is 0 Å². The SMILES string of the molecule is CC(NC(=O)C1CCCN1)C(=O)Nc1cccc(N2CCCC2)c1.Cl. The number of hydrogen-bond donors (Lipinski definition) is 3. The minimum Gasteiger partial charge on any atom is -0.371 e. The van der Waals surface area contributed by atoms with Crippen molar-refractivity contribution in [3.8, 4) is 0 Å². The highest BCUT2D eigenvalue weighted by Crippen LogP contribution is 2.23. The smallest absolute Gasteiger partial charge is 0.246 e. The molecule has 0 radical (unpaired) electrons. The van der Waals surface area contributed by atoms with E-state index in [2.05, 4.69) is 26.9 Å². The molecular formula is C18H27ClN4O2. The molecule has 2 aliphatic heterocycles. The van der Waals surface area contributed by atoms with Crippen molar-refractivity contribution in [2.75, 3.05) is 29.9 Å². The fourth-order valence-electron chi connectivity index (χ4n) is 3.29. The first-order valence-electron chi connectivity index (χ1n) is 8.83. The van der Waals surface area contributed by atoms with Gasteiger partial charge in [-0.05, 0) is 57.4 Å². The summed E-state index contributed by atoms with van der Waals surface area (Å²) >= 11 is 0. The average Bonchev–Trinajstić information content (AvgIpc) is 3.28. The molecule has 6 nitrogen and oxygen atoms in total. The van der Waals surface area contributed by atoms with E-state index in [-0.39, 0.29) is 30.3 Å². The molecule has 2 aliphatic rings. The molecule has 3 rings (SSSR count). The Balaban J connectivity index is 0.00000225. The van der Waals surface area contributed by atoms with E-state index in [1.807, 2.05) is 18.2 Å². The molecule has 0 saturated carbocycles. The lowest BCUT2D eigenvalue weighted by Gasteiger charge is -2.20. The van der Waals surface area contributed by atoms with Gasteiger partial charge in [-0.1, -0.05) is 6.07 Å². The Morgan fingerprint density at radius 3 is 2.68 bits per heavy atom. The molecule has 2 heterocycles. The van der Waals surface area contributed by atoms with Crippen LogP contribution < -0.4 is 20.9 Å². The fourth-order valence-corrected chi connectivity index (χ4v) is 3.29. The van der Waals surface area contributed by atoms with E-state index in [0.717, 1.165) is 43.9 Å². The summed E-state index contributed by atoms with van der Waals surface area (Å²) < 4.78 is 0. The molecule has 1 aromatic carbocycles. The van der Waals surface area contributed by atoms with Crippen LogP contribution in [0.3, 0.4) is 0 Å². The molecule has 2 unspecified atom stereocenters. The molecule has 2 saturated heterocycles. The Kier molecular flexibility index (Phi) is 7.08. The largest absolute Gasteiger partial charge is 0.371 e. The third kappa shape index (κ3) is 5.09. The molecule has 2 atom stereocenters. The number of carbonyl (C=O) groups is 2. The normalized spacial score (nSPS) is 20.7. The van der Waals surface area contributed by atoms with Crippen LogP contribution >= 0.6 is 12.4 Å². The number of halogens is 1. The third-order valence-corrected chi connectivity index (χ3v) is 4.71. The van der Waals surface area contributed by atoms with E-state index in [4.69, 9.17) is 0 Å². The fraction of sp³-hybridized carbons (Fsp3) is 0.556. The number of rotatable bonds is 5. The van der Waals surface area contributed by atoms with Crippen molar-refractivity contribution in [3.63, 3.8) is 0 Å². The summed E-state index contributed by atoms with van der Waals surface area (Å²) in [5, 5.41) is 8.83. The second-order valence-electron chi connectivity index (χ2n) is 6.61. The molecule has 0 aliphatic carbocycles. The third-order valence-electron chi connectivity index (χ3n) is 4.71. The van der Waals surface area contributed by atoms with Gasteiger partial charge in [0.05, 0.1) is 6.04 Å². The number of benzene rings is 1. The Labute approximate surface area is 155 Å². The zero-order valence-corrected chi connectivity index (χ0v) is 15.4. The lowest BCUT2D eigenvalue weighted by molar-refractivity contribution is -0.127. The minimum atomic E-state index is -0.560. The predicted molar refractivity (Wildman–Crippen MR) is 102 cm³/mol. The van der Waals surface area contributed by atoms with Crippen molar-refractivity contribution in [2.24, 2.45) is 0 Å². The van der Waals surface area contributed by atoms with Crippen molar-refractivity contribution in [1.29, 1.82) is 0 Å². The molecule has 0 spiro atoms. The van der Waals surface area contributed by atoms with Gasteiger partial charge in [0.15, 0.2) is 0 Å². The zero-order valence-electron chi connectivity index (χ0n) is 14.6. The van der Waals surface area contributed by atoms with Gasteiger partial charge >= 0.3 is 0 Å². The number of hydrogen-bond acceptors (Lipinski definition) is 4. The summed E-state index contributed by atoms with van der Waals surface area (Å²) in [6.45, 7) is 4.71. The number of anilines is 2. The Morgan fingerprint density at radius 2 is 2.00 bits per heavy atom. The Morgan fingerprint density at radius 1 is 1.24 bits per heavy atom. The van der Waals surface area contributed by atoms with Crippen LogP contribution in [0.4, 0.5) is 11.4 Å². The lowest BCUT2D eigenvalue weighted by atomic mass is 10.2. The second kappa shape index (κ2) is 9.06. The Hall–Kier alpha value is -1.79. The standard InChI is InChI=1S/C18H26N4O2.ClH/c1-13(20-18(24)16-8-5-9-19-16)17(23)21-14-6-4-7-15(12-14)22-10-2-3-11-22;/h4,6-7,12-13,16,19H,2-3,5,8-11H2,1H3,(H,20,24)(H,21,23);1H. The average molecular weight is 367 g/mol. The summed E-state index contributed by atoms with van der Waals surface area (Å²) in [4.78, 5) is 26.7. The molecule has 2 amide bonds. The van der Waals surface area contributed by atoms with E-state index in [0.29, 0.717) is 0 Å². The molecule has 0 aromatic heterocycles. The highest BCUT2D eigenvalue weighted by Gasteiger charge is 2.25. The summed E-state index contributed by atoms with van der Waals surface area (Å²) in [5.74, 6) is -0.291. The lowest BCUT2D eigenvalue weighted by Crippen LogP contribution is -2.48. The van der Waals surface area contributed by atoms with Gasteiger partial charge in [0.2, 0.25) is 11.8 Å². The van der Waals surface area contributed by atoms with Crippen LogP contribution in [0, 0.1) is 0 Å². The first-order chi connectivity index (χ1) is 11.6. The molecule has 3 N–H and O–H groups in total. The van der Waals surface area contributed by atoms with Gasteiger partial charge in [-0.25, -0.2) is 0 Å². The molecule has 1 aromatic rings. The minimum absolute atomic E-state index is 0. The van der Waals surface area contributed by atoms with Crippen molar-refractivity contribution < 1.29 is 9.59 Å². The molecule has 7 heteroatoms. The number of nitrogens with zero attached hydrogens (tertiary/aromatic N) is 1. The van der Waals surface area contributed by atoms with Crippen LogP contribution in [0.2, 0.25) is 0 Å². The second-order valence-corrected chi connectivity index (χ2v) is 6.61. The highest BCUT2D eigenvalue weighted by atomic mass is 35.5. The van der Waals surface area contributed by atoms with Gasteiger partial charge in [-0.15, -0.1) is 12.4 Å². The van der Waals surface area contributed by atoms with Gasteiger partial charge in [0, 0.05) is 24.5 Å². The van der Waals surface area contributed by atoms with Crippen LogP contribution in [0.25, 0.3) is 0 Å². The summed E-state index contributed by atoms with van der Waals surface area (Å²) in [7, 11) is 0. The van der Waals surface area contributed by atoms with Crippen LogP contribution in [0.5, 0.6) is 0 Å². The molecule has 138 valence electrons. The van der Waals surface area contributed by atoms with E-state index in [1.54, 1.807) is 6.92 Å².